The van der Waals surface area contributed by atoms with Crippen molar-refractivity contribution in [3.8, 4) is 11.8 Å². The van der Waals surface area contributed by atoms with Crippen LogP contribution in [-0.2, 0) is 0 Å². The fourth-order valence-corrected chi connectivity index (χ4v) is 0.471. The second kappa shape index (κ2) is 5.21. The van der Waals surface area contributed by atoms with Gasteiger partial charge in [0.25, 0.3) is 0 Å². The molecule has 0 bridgehead atoms. The van der Waals surface area contributed by atoms with Gasteiger partial charge < -0.3 is 0 Å². The van der Waals surface area contributed by atoms with Gasteiger partial charge in [-0.25, -0.2) is 0 Å². The molecule has 0 heteroatoms. The molecule has 0 aliphatic rings. The Kier molecular flexibility index (Phi) is 4.57. The molecule has 12 heavy (non-hydrogen) atoms. The van der Waals surface area contributed by atoms with E-state index in [1.165, 1.54) is 0 Å². The minimum absolute atomic E-state index is 0.779. The van der Waals surface area contributed by atoms with Crippen molar-refractivity contribution in [2.75, 3.05) is 0 Å². The van der Waals surface area contributed by atoms with Crippen molar-refractivity contribution in [3.05, 3.63) is 48.6 Å². The van der Waals surface area contributed by atoms with Crippen LogP contribution in [-0.4, -0.2) is 0 Å². The Balaban J connectivity index is 4.19. The van der Waals surface area contributed by atoms with E-state index in [9.17, 15) is 0 Å². The van der Waals surface area contributed by atoms with Crippen molar-refractivity contribution in [3.63, 3.8) is 0 Å². The standard InChI is InChI=1S/C12H14/c1-10(2)6-8-12(5)9-7-11(3)4/h6,8H,1,3,5H2,2,4H3/b8-6-. The van der Waals surface area contributed by atoms with Crippen molar-refractivity contribution in [1.82, 2.24) is 0 Å². The van der Waals surface area contributed by atoms with Crippen molar-refractivity contribution in [1.29, 1.82) is 0 Å². The normalized spacial score (nSPS) is 8.83. The third kappa shape index (κ3) is 6.64. The van der Waals surface area contributed by atoms with E-state index in [2.05, 4.69) is 31.6 Å². The highest BCUT2D eigenvalue weighted by molar-refractivity contribution is 5.41. The quantitative estimate of drug-likeness (QED) is 0.427. The maximum atomic E-state index is 3.76. The van der Waals surface area contributed by atoms with Crippen molar-refractivity contribution in [2.24, 2.45) is 0 Å². The van der Waals surface area contributed by atoms with E-state index in [4.69, 9.17) is 0 Å². The van der Waals surface area contributed by atoms with Crippen LogP contribution in [0.5, 0.6) is 0 Å². The number of hydrogen-bond acceptors (Lipinski definition) is 0. The predicted octanol–water partition coefficient (Wildman–Crippen LogP) is 3.25. The average molecular weight is 158 g/mol. The SMILES string of the molecule is C=C(C)C#CC(=C)/C=C\C(=C)C. The molecule has 0 saturated carbocycles. The van der Waals surface area contributed by atoms with E-state index in [1.807, 2.05) is 26.0 Å². The highest BCUT2D eigenvalue weighted by Crippen LogP contribution is 1.96. The van der Waals surface area contributed by atoms with Crippen molar-refractivity contribution < 1.29 is 0 Å². The Morgan fingerprint density at radius 2 is 1.58 bits per heavy atom. The summed E-state index contributed by atoms with van der Waals surface area (Å²) in [5.74, 6) is 5.71. The van der Waals surface area contributed by atoms with Crippen LogP contribution in [0.25, 0.3) is 0 Å². The van der Waals surface area contributed by atoms with Crippen LogP contribution in [0.2, 0.25) is 0 Å². The molecule has 0 aromatic rings. The van der Waals surface area contributed by atoms with Crippen LogP contribution in [0.4, 0.5) is 0 Å². The molecule has 0 aromatic carbocycles. The highest BCUT2D eigenvalue weighted by Gasteiger charge is 1.79. The number of rotatable bonds is 2. The summed E-state index contributed by atoms with van der Waals surface area (Å²) in [6, 6.07) is 0. The summed E-state index contributed by atoms with van der Waals surface area (Å²) in [5, 5.41) is 0. The van der Waals surface area contributed by atoms with Crippen LogP contribution in [0.15, 0.2) is 48.6 Å². The molecule has 0 aliphatic carbocycles. The maximum Gasteiger partial charge on any atom is 0.0177 e. The molecule has 0 aromatic heterocycles. The molecule has 0 spiro atoms. The zero-order valence-electron chi connectivity index (χ0n) is 7.78. The molecule has 0 saturated heterocycles. The fraction of sp³-hybridized carbons (Fsp3) is 0.167. The van der Waals surface area contributed by atoms with Gasteiger partial charge in [0.05, 0.1) is 0 Å². The molecule has 0 unspecified atom stereocenters. The largest absolute Gasteiger partial charge is 0.0961 e. The van der Waals surface area contributed by atoms with Gasteiger partial charge in [0, 0.05) is 5.57 Å². The summed E-state index contributed by atoms with van der Waals surface area (Å²) >= 11 is 0. The van der Waals surface area contributed by atoms with Crippen molar-refractivity contribution in [2.45, 2.75) is 13.8 Å². The van der Waals surface area contributed by atoms with E-state index in [1.54, 1.807) is 0 Å². The lowest BCUT2D eigenvalue weighted by Gasteiger charge is -1.86. The molecule has 0 nitrogen and oxygen atoms in total. The van der Waals surface area contributed by atoms with E-state index >= 15 is 0 Å². The Morgan fingerprint density at radius 1 is 1.00 bits per heavy atom. The minimum Gasteiger partial charge on any atom is -0.0961 e. The maximum absolute atomic E-state index is 3.76. The summed E-state index contributed by atoms with van der Waals surface area (Å²) < 4.78 is 0. The van der Waals surface area contributed by atoms with Crippen LogP contribution < -0.4 is 0 Å². The first kappa shape index (κ1) is 10.5. The molecule has 0 radical (unpaired) electrons. The first-order valence-corrected chi connectivity index (χ1v) is 3.72. The Bertz CT molecular complexity index is 290. The lowest BCUT2D eigenvalue weighted by Crippen LogP contribution is -1.69. The van der Waals surface area contributed by atoms with Crippen LogP contribution in [0.3, 0.4) is 0 Å². The molecule has 0 heterocycles. The molecule has 0 amide bonds. The third-order valence-corrected chi connectivity index (χ3v) is 1.01. The van der Waals surface area contributed by atoms with E-state index < -0.39 is 0 Å². The summed E-state index contributed by atoms with van der Waals surface area (Å²) in [5.41, 5.74) is 2.62. The van der Waals surface area contributed by atoms with Gasteiger partial charge in [0.1, 0.15) is 0 Å². The van der Waals surface area contributed by atoms with Gasteiger partial charge in [0.2, 0.25) is 0 Å². The summed E-state index contributed by atoms with van der Waals surface area (Å²) in [4.78, 5) is 0. The predicted molar refractivity (Wildman–Crippen MR) is 55.7 cm³/mol. The zero-order valence-corrected chi connectivity index (χ0v) is 7.78. The highest BCUT2D eigenvalue weighted by atomic mass is 13.8. The smallest absolute Gasteiger partial charge is 0.0177 e. The molecular weight excluding hydrogens is 144 g/mol. The molecule has 0 fully saturated rings. The van der Waals surface area contributed by atoms with E-state index in [0.717, 1.165) is 16.7 Å². The number of hydrogen-bond donors (Lipinski definition) is 0. The van der Waals surface area contributed by atoms with Gasteiger partial charge in [-0.3, -0.25) is 0 Å². The first-order valence-electron chi connectivity index (χ1n) is 3.72. The summed E-state index contributed by atoms with van der Waals surface area (Å²) in [7, 11) is 0. The average Bonchev–Trinajstić information content (AvgIpc) is 1.96. The van der Waals surface area contributed by atoms with Gasteiger partial charge in [-0.1, -0.05) is 43.2 Å². The molecule has 62 valence electrons. The lowest BCUT2D eigenvalue weighted by atomic mass is 10.2. The van der Waals surface area contributed by atoms with Gasteiger partial charge in [0.15, 0.2) is 0 Å². The monoisotopic (exact) mass is 158 g/mol. The number of allylic oxidation sites excluding steroid dienone is 5. The molecule has 0 rings (SSSR count). The second-order valence-electron chi connectivity index (χ2n) is 2.74. The van der Waals surface area contributed by atoms with Gasteiger partial charge in [-0.15, -0.1) is 0 Å². The Hall–Kier alpha value is -1.48. The fourth-order valence-electron chi connectivity index (χ4n) is 0.471. The zero-order chi connectivity index (χ0) is 9.56. The first-order chi connectivity index (χ1) is 5.52. The molecule has 0 atom stereocenters. The van der Waals surface area contributed by atoms with Gasteiger partial charge in [-0.05, 0) is 25.5 Å². The summed E-state index contributed by atoms with van der Waals surface area (Å²) in [6.07, 6.45) is 3.73. The van der Waals surface area contributed by atoms with Crippen LogP contribution in [0, 0.1) is 11.8 Å². The Labute approximate surface area is 75.0 Å². The summed E-state index contributed by atoms with van der Waals surface area (Å²) in [6.45, 7) is 14.9. The molecule has 0 aliphatic heterocycles. The van der Waals surface area contributed by atoms with Gasteiger partial charge >= 0.3 is 0 Å². The Morgan fingerprint density at radius 3 is 2.00 bits per heavy atom. The minimum atomic E-state index is 0.779. The second-order valence-corrected chi connectivity index (χ2v) is 2.74. The molecule has 0 N–H and O–H groups in total. The van der Waals surface area contributed by atoms with Gasteiger partial charge in [-0.2, -0.15) is 0 Å². The van der Waals surface area contributed by atoms with E-state index in [-0.39, 0.29) is 0 Å². The third-order valence-electron chi connectivity index (χ3n) is 1.01. The van der Waals surface area contributed by atoms with Crippen molar-refractivity contribution >= 4 is 0 Å². The van der Waals surface area contributed by atoms with Crippen LogP contribution >= 0.6 is 0 Å². The topological polar surface area (TPSA) is 0 Å². The van der Waals surface area contributed by atoms with Crippen LogP contribution in [0.1, 0.15) is 13.8 Å². The van der Waals surface area contributed by atoms with E-state index in [0.29, 0.717) is 0 Å². The molecular formula is C12H14. The lowest BCUT2D eigenvalue weighted by molar-refractivity contribution is 1.55.